The standard InChI is InChI=1S/C17H19NO2/c1-11-2-4-12(5-3-11)15-10-18-7-6-13-8-16(19)17(20)9-14(13)15/h2-5,8-9,15,18-20H,6-7,10H2,1H3/t15-/m0/s1. The molecule has 0 saturated carbocycles. The van der Waals surface area contributed by atoms with Gasteiger partial charge in [-0.15, -0.1) is 0 Å². The summed E-state index contributed by atoms with van der Waals surface area (Å²) in [7, 11) is 0. The van der Waals surface area contributed by atoms with Crippen LogP contribution in [0.2, 0.25) is 0 Å². The molecule has 1 heterocycles. The van der Waals surface area contributed by atoms with E-state index in [1.807, 2.05) is 0 Å². The fourth-order valence-corrected chi connectivity index (χ4v) is 2.85. The van der Waals surface area contributed by atoms with Crippen molar-refractivity contribution >= 4 is 0 Å². The first-order valence-electron chi connectivity index (χ1n) is 6.97. The number of rotatable bonds is 1. The third kappa shape index (κ3) is 2.37. The Kier molecular flexibility index (Phi) is 3.36. The molecule has 0 aromatic heterocycles. The normalized spacial score (nSPS) is 18.4. The van der Waals surface area contributed by atoms with Crippen molar-refractivity contribution in [3.63, 3.8) is 0 Å². The minimum Gasteiger partial charge on any atom is -0.504 e. The zero-order valence-electron chi connectivity index (χ0n) is 11.6. The van der Waals surface area contributed by atoms with Crippen LogP contribution in [-0.4, -0.2) is 23.3 Å². The van der Waals surface area contributed by atoms with Gasteiger partial charge in [0.05, 0.1) is 0 Å². The summed E-state index contributed by atoms with van der Waals surface area (Å²) in [6.07, 6.45) is 0.867. The van der Waals surface area contributed by atoms with Crippen molar-refractivity contribution in [2.24, 2.45) is 0 Å². The van der Waals surface area contributed by atoms with E-state index in [0.717, 1.165) is 30.6 Å². The zero-order valence-corrected chi connectivity index (χ0v) is 11.6. The predicted octanol–water partition coefficient (Wildman–Crippen LogP) is 2.68. The summed E-state index contributed by atoms with van der Waals surface area (Å²) >= 11 is 0. The van der Waals surface area contributed by atoms with Gasteiger partial charge < -0.3 is 15.5 Å². The van der Waals surface area contributed by atoms with Crippen LogP contribution in [0.3, 0.4) is 0 Å². The van der Waals surface area contributed by atoms with Crippen molar-refractivity contribution in [3.8, 4) is 11.5 Å². The molecule has 2 aromatic carbocycles. The van der Waals surface area contributed by atoms with Gasteiger partial charge in [-0.1, -0.05) is 29.8 Å². The van der Waals surface area contributed by atoms with E-state index in [1.165, 1.54) is 11.1 Å². The summed E-state index contributed by atoms with van der Waals surface area (Å²) in [5, 5.41) is 22.9. The number of phenols is 2. The van der Waals surface area contributed by atoms with Gasteiger partial charge in [0.2, 0.25) is 0 Å². The van der Waals surface area contributed by atoms with Crippen LogP contribution in [-0.2, 0) is 6.42 Å². The molecular weight excluding hydrogens is 250 g/mol. The van der Waals surface area contributed by atoms with Crippen LogP contribution in [0, 0.1) is 6.92 Å². The minimum absolute atomic E-state index is 0.0340. The number of fused-ring (bicyclic) bond motifs is 1. The van der Waals surface area contributed by atoms with Gasteiger partial charge in [-0.3, -0.25) is 0 Å². The lowest BCUT2D eigenvalue weighted by Gasteiger charge is -2.19. The maximum Gasteiger partial charge on any atom is 0.157 e. The summed E-state index contributed by atoms with van der Waals surface area (Å²) in [6.45, 7) is 3.81. The maximum atomic E-state index is 9.81. The lowest BCUT2D eigenvalue weighted by atomic mass is 9.87. The topological polar surface area (TPSA) is 52.5 Å². The first-order valence-corrected chi connectivity index (χ1v) is 6.97. The van der Waals surface area contributed by atoms with Gasteiger partial charge in [0.25, 0.3) is 0 Å². The van der Waals surface area contributed by atoms with Crippen molar-refractivity contribution in [2.45, 2.75) is 19.3 Å². The highest BCUT2D eigenvalue weighted by Crippen LogP contribution is 2.36. The van der Waals surface area contributed by atoms with Gasteiger partial charge in [0, 0.05) is 12.5 Å². The van der Waals surface area contributed by atoms with Gasteiger partial charge in [-0.2, -0.15) is 0 Å². The molecule has 0 aliphatic carbocycles. The van der Waals surface area contributed by atoms with E-state index >= 15 is 0 Å². The number of hydrogen-bond acceptors (Lipinski definition) is 3. The number of benzene rings is 2. The molecular formula is C17H19NO2. The molecule has 0 bridgehead atoms. The Labute approximate surface area is 118 Å². The molecule has 0 radical (unpaired) electrons. The van der Waals surface area contributed by atoms with Crippen LogP contribution in [0.1, 0.15) is 28.2 Å². The average molecular weight is 269 g/mol. The summed E-state index contributed by atoms with van der Waals surface area (Å²) in [4.78, 5) is 0. The van der Waals surface area contributed by atoms with Crippen molar-refractivity contribution < 1.29 is 10.2 Å². The molecule has 104 valence electrons. The quantitative estimate of drug-likeness (QED) is 0.698. The van der Waals surface area contributed by atoms with Gasteiger partial charge >= 0.3 is 0 Å². The summed E-state index contributed by atoms with van der Waals surface area (Å²) in [5.41, 5.74) is 4.69. The second-order valence-electron chi connectivity index (χ2n) is 5.46. The molecule has 0 amide bonds. The van der Waals surface area contributed by atoms with Gasteiger partial charge in [0.15, 0.2) is 11.5 Å². The molecule has 3 heteroatoms. The first kappa shape index (κ1) is 13.0. The lowest BCUT2D eigenvalue weighted by molar-refractivity contribution is 0.402. The summed E-state index contributed by atoms with van der Waals surface area (Å²) in [6, 6.07) is 11.9. The van der Waals surface area contributed by atoms with E-state index in [-0.39, 0.29) is 17.4 Å². The molecule has 0 saturated heterocycles. The summed E-state index contributed by atoms with van der Waals surface area (Å²) in [5.74, 6) is 0.135. The third-order valence-corrected chi connectivity index (χ3v) is 4.01. The van der Waals surface area contributed by atoms with Gasteiger partial charge in [-0.05, 0) is 48.7 Å². The van der Waals surface area contributed by atoms with Crippen LogP contribution in [0.4, 0.5) is 0 Å². The van der Waals surface area contributed by atoms with Gasteiger partial charge in [-0.25, -0.2) is 0 Å². The Morgan fingerprint density at radius 1 is 1.05 bits per heavy atom. The van der Waals surface area contributed by atoms with Crippen LogP contribution in [0.25, 0.3) is 0 Å². The molecule has 3 rings (SSSR count). The number of phenolic OH excluding ortho intramolecular Hbond substituents is 2. The highest BCUT2D eigenvalue weighted by molar-refractivity contribution is 5.50. The van der Waals surface area contributed by atoms with Crippen LogP contribution >= 0.6 is 0 Å². The molecule has 3 N–H and O–H groups in total. The number of aromatic hydroxyl groups is 2. The maximum absolute atomic E-state index is 9.81. The first-order chi connectivity index (χ1) is 9.65. The van der Waals surface area contributed by atoms with Crippen molar-refractivity contribution in [1.82, 2.24) is 5.32 Å². The predicted molar refractivity (Wildman–Crippen MR) is 79.4 cm³/mol. The Balaban J connectivity index is 2.09. The molecule has 0 unspecified atom stereocenters. The van der Waals surface area contributed by atoms with E-state index in [2.05, 4.69) is 36.5 Å². The largest absolute Gasteiger partial charge is 0.504 e. The van der Waals surface area contributed by atoms with Crippen molar-refractivity contribution in [1.29, 1.82) is 0 Å². The lowest BCUT2D eigenvalue weighted by Crippen LogP contribution is -2.20. The molecule has 20 heavy (non-hydrogen) atoms. The summed E-state index contributed by atoms with van der Waals surface area (Å²) < 4.78 is 0. The van der Waals surface area contributed by atoms with Gasteiger partial charge in [0.1, 0.15) is 0 Å². The Bertz CT molecular complexity index is 620. The Morgan fingerprint density at radius 2 is 1.75 bits per heavy atom. The van der Waals surface area contributed by atoms with Crippen molar-refractivity contribution in [2.75, 3.05) is 13.1 Å². The third-order valence-electron chi connectivity index (χ3n) is 4.01. The van der Waals surface area contributed by atoms with Crippen LogP contribution in [0.5, 0.6) is 11.5 Å². The molecule has 0 spiro atoms. The highest BCUT2D eigenvalue weighted by Gasteiger charge is 2.22. The fraction of sp³-hybridized carbons (Fsp3) is 0.294. The zero-order chi connectivity index (χ0) is 14.1. The Morgan fingerprint density at radius 3 is 2.50 bits per heavy atom. The Hall–Kier alpha value is -2.00. The molecule has 1 aliphatic rings. The highest BCUT2D eigenvalue weighted by atomic mass is 16.3. The number of aryl methyl sites for hydroxylation is 1. The number of hydrogen-bond donors (Lipinski definition) is 3. The second-order valence-corrected chi connectivity index (χ2v) is 5.46. The molecule has 1 aliphatic heterocycles. The average Bonchev–Trinajstić information content (AvgIpc) is 2.63. The SMILES string of the molecule is Cc1ccc([C@@H]2CNCCc3cc(O)c(O)cc32)cc1. The van der Waals surface area contributed by atoms with Crippen LogP contribution < -0.4 is 5.32 Å². The fourth-order valence-electron chi connectivity index (χ4n) is 2.85. The van der Waals surface area contributed by atoms with E-state index in [0.29, 0.717) is 0 Å². The second kappa shape index (κ2) is 5.17. The van der Waals surface area contributed by atoms with E-state index < -0.39 is 0 Å². The monoisotopic (exact) mass is 269 g/mol. The van der Waals surface area contributed by atoms with E-state index in [1.54, 1.807) is 12.1 Å². The van der Waals surface area contributed by atoms with Crippen molar-refractivity contribution in [3.05, 3.63) is 58.7 Å². The molecule has 1 atom stereocenters. The molecule has 3 nitrogen and oxygen atoms in total. The van der Waals surface area contributed by atoms with E-state index in [9.17, 15) is 10.2 Å². The van der Waals surface area contributed by atoms with E-state index in [4.69, 9.17) is 0 Å². The number of nitrogens with one attached hydrogen (secondary N) is 1. The molecule has 0 fully saturated rings. The smallest absolute Gasteiger partial charge is 0.157 e. The van der Waals surface area contributed by atoms with Crippen LogP contribution in [0.15, 0.2) is 36.4 Å². The molecule has 2 aromatic rings. The minimum atomic E-state index is -0.0391.